The van der Waals surface area contributed by atoms with Gasteiger partial charge >= 0.3 is 12.0 Å². The molecule has 2 rings (SSSR count). The van der Waals surface area contributed by atoms with Crippen molar-refractivity contribution in [3.8, 4) is 5.69 Å². The number of benzene rings is 1. The number of ether oxygens (including phenoxy) is 3. The number of carbonyl (C=O) groups excluding carboxylic acids is 2. The number of rotatable bonds is 12. The van der Waals surface area contributed by atoms with Crippen LogP contribution in [0.1, 0.15) is 31.3 Å². The summed E-state index contributed by atoms with van der Waals surface area (Å²) in [7, 11) is 1.59. The Morgan fingerprint density at radius 2 is 2.03 bits per heavy atom. The number of nitrogens with zero attached hydrogens (tertiary/aromatic N) is 3. The second kappa shape index (κ2) is 12.8. The molecule has 0 aliphatic heterocycles. The second-order valence-corrected chi connectivity index (χ2v) is 7.38. The molecule has 2 amide bonds. The molecule has 10 heteroatoms. The van der Waals surface area contributed by atoms with Gasteiger partial charge in [-0.2, -0.15) is 5.10 Å². The molecule has 0 fully saturated rings. The molecule has 176 valence electrons. The first-order valence-corrected chi connectivity index (χ1v) is 10.5. The number of esters is 1. The Morgan fingerprint density at radius 1 is 1.25 bits per heavy atom. The fourth-order valence-corrected chi connectivity index (χ4v) is 2.74. The van der Waals surface area contributed by atoms with Gasteiger partial charge in [0.1, 0.15) is 0 Å². The van der Waals surface area contributed by atoms with Crippen molar-refractivity contribution in [2.75, 3.05) is 45.3 Å². The van der Waals surface area contributed by atoms with Gasteiger partial charge in [-0.1, -0.05) is 6.07 Å². The van der Waals surface area contributed by atoms with Gasteiger partial charge in [0.2, 0.25) is 0 Å². The number of aromatic nitrogens is 2. The Labute approximate surface area is 188 Å². The molecule has 32 heavy (non-hydrogen) atoms. The molecule has 1 unspecified atom stereocenters. The van der Waals surface area contributed by atoms with Crippen molar-refractivity contribution in [3.63, 3.8) is 0 Å². The summed E-state index contributed by atoms with van der Waals surface area (Å²) in [5.74, 6) is -0.493. The molecule has 2 N–H and O–H groups in total. The highest BCUT2D eigenvalue weighted by Crippen LogP contribution is 2.15. The van der Waals surface area contributed by atoms with Gasteiger partial charge in [-0.25, -0.2) is 14.3 Å². The SMILES string of the molecule is CCOC(=O)c1ccn(-c2cccc(NC(=O)N(C)CC(O)COCCOC(C)C)c2)n1. The van der Waals surface area contributed by atoms with Crippen LogP contribution >= 0.6 is 0 Å². The van der Waals surface area contributed by atoms with E-state index < -0.39 is 12.1 Å². The van der Waals surface area contributed by atoms with Crippen molar-refractivity contribution < 1.29 is 28.9 Å². The summed E-state index contributed by atoms with van der Waals surface area (Å²) in [6.45, 7) is 6.93. The van der Waals surface area contributed by atoms with E-state index in [1.807, 2.05) is 13.8 Å². The number of anilines is 1. The lowest BCUT2D eigenvalue weighted by Gasteiger charge is -2.21. The number of aliphatic hydroxyl groups excluding tert-OH is 1. The Bertz CT molecular complexity index is 870. The minimum absolute atomic E-state index is 0.108. The monoisotopic (exact) mass is 448 g/mol. The lowest BCUT2D eigenvalue weighted by molar-refractivity contribution is -0.0144. The lowest BCUT2D eigenvalue weighted by atomic mass is 10.3. The predicted octanol–water partition coefficient (Wildman–Crippen LogP) is 2.32. The van der Waals surface area contributed by atoms with Crippen molar-refractivity contribution in [2.24, 2.45) is 0 Å². The van der Waals surface area contributed by atoms with Gasteiger partial charge in [0, 0.05) is 18.9 Å². The van der Waals surface area contributed by atoms with Crippen LogP contribution in [0.3, 0.4) is 0 Å². The first-order chi connectivity index (χ1) is 15.3. The number of hydrogen-bond acceptors (Lipinski definition) is 7. The minimum Gasteiger partial charge on any atom is -0.461 e. The molecule has 0 aliphatic rings. The molecule has 1 heterocycles. The summed E-state index contributed by atoms with van der Waals surface area (Å²) >= 11 is 0. The summed E-state index contributed by atoms with van der Waals surface area (Å²) in [5, 5.41) is 17.1. The fourth-order valence-electron chi connectivity index (χ4n) is 2.74. The van der Waals surface area contributed by atoms with Crippen LogP contribution in [-0.4, -0.2) is 84.0 Å². The average Bonchev–Trinajstić information content (AvgIpc) is 3.24. The molecule has 0 aliphatic carbocycles. The summed E-state index contributed by atoms with van der Waals surface area (Å²) in [6, 6.07) is 8.21. The number of urea groups is 1. The van der Waals surface area contributed by atoms with E-state index in [1.165, 1.54) is 9.58 Å². The third kappa shape index (κ3) is 8.29. The van der Waals surface area contributed by atoms with Gasteiger partial charge in [0.15, 0.2) is 5.69 Å². The van der Waals surface area contributed by atoms with E-state index in [4.69, 9.17) is 14.2 Å². The molecule has 1 aromatic heterocycles. The summed E-state index contributed by atoms with van der Waals surface area (Å²) < 4.78 is 17.2. The van der Waals surface area contributed by atoms with Crippen LogP contribution < -0.4 is 5.32 Å². The maximum absolute atomic E-state index is 12.5. The van der Waals surface area contributed by atoms with Crippen LogP contribution in [0.25, 0.3) is 5.69 Å². The van der Waals surface area contributed by atoms with Crippen LogP contribution in [0.2, 0.25) is 0 Å². The van der Waals surface area contributed by atoms with E-state index in [9.17, 15) is 14.7 Å². The quantitative estimate of drug-likeness (QED) is 0.378. The predicted molar refractivity (Wildman–Crippen MR) is 119 cm³/mol. The van der Waals surface area contributed by atoms with Gasteiger partial charge in [0.05, 0.1) is 50.9 Å². The van der Waals surface area contributed by atoms with E-state index in [0.29, 0.717) is 24.6 Å². The zero-order valence-electron chi connectivity index (χ0n) is 19.0. The maximum atomic E-state index is 12.5. The van der Waals surface area contributed by atoms with Crippen molar-refractivity contribution in [1.82, 2.24) is 14.7 Å². The zero-order chi connectivity index (χ0) is 23.5. The van der Waals surface area contributed by atoms with Crippen LogP contribution in [0.15, 0.2) is 36.5 Å². The summed E-state index contributed by atoms with van der Waals surface area (Å²) in [4.78, 5) is 25.6. The largest absolute Gasteiger partial charge is 0.461 e. The highest BCUT2D eigenvalue weighted by molar-refractivity contribution is 5.89. The standard InChI is InChI=1S/C22H32N4O6/c1-5-31-21(28)20-9-10-26(24-20)18-8-6-7-17(13-18)23-22(29)25(4)14-19(27)15-30-11-12-32-16(2)3/h6-10,13,16,19,27H,5,11-12,14-15H2,1-4H3,(H,23,29). The van der Waals surface area contributed by atoms with E-state index in [2.05, 4.69) is 10.4 Å². The van der Waals surface area contributed by atoms with Crippen LogP contribution in [0, 0.1) is 0 Å². The molecular formula is C22H32N4O6. The Morgan fingerprint density at radius 3 is 2.75 bits per heavy atom. The van der Waals surface area contributed by atoms with E-state index >= 15 is 0 Å². The molecule has 1 aromatic carbocycles. The maximum Gasteiger partial charge on any atom is 0.358 e. The number of carbonyl (C=O) groups is 2. The third-order valence-electron chi connectivity index (χ3n) is 4.26. The first kappa shape index (κ1) is 25.3. The molecular weight excluding hydrogens is 416 g/mol. The third-order valence-corrected chi connectivity index (χ3v) is 4.26. The van der Waals surface area contributed by atoms with Crippen molar-refractivity contribution >= 4 is 17.7 Å². The van der Waals surface area contributed by atoms with Gasteiger partial charge in [-0.05, 0) is 45.0 Å². The lowest BCUT2D eigenvalue weighted by Crippen LogP contribution is -2.39. The van der Waals surface area contributed by atoms with E-state index in [-0.39, 0.29) is 37.6 Å². The van der Waals surface area contributed by atoms with Crippen LogP contribution in [-0.2, 0) is 14.2 Å². The highest BCUT2D eigenvalue weighted by atomic mass is 16.5. The highest BCUT2D eigenvalue weighted by Gasteiger charge is 2.15. The minimum atomic E-state index is -0.818. The molecule has 0 saturated carbocycles. The van der Waals surface area contributed by atoms with Crippen LogP contribution in [0.5, 0.6) is 0 Å². The second-order valence-electron chi connectivity index (χ2n) is 7.38. The summed E-state index contributed by atoms with van der Waals surface area (Å²) in [5.41, 5.74) is 1.41. The van der Waals surface area contributed by atoms with Crippen molar-refractivity contribution in [2.45, 2.75) is 33.0 Å². The van der Waals surface area contributed by atoms with Crippen molar-refractivity contribution in [3.05, 3.63) is 42.2 Å². The number of nitrogens with one attached hydrogen (secondary N) is 1. The Kier molecular flexibility index (Phi) is 10.1. The average molecular weight is 449 g/mol. The van der Waals surface area contributed by atoms with Gasteiger partial charge in [0.25, 0.3) is 0 Å². The number of amides is 2. The zero-order valence-corrected chi connectivity index (χ0v) is 19.0. The topological polar surface area (TPSA) is 115 Å². The van der Waals surface area contributed by atoms with E-state index in [0.717, 1.165) is 0 Å². The number of aliphatic hydroxyl groups is 1. The number of hydrogen-bond donors (Lipinski definition) is 2. The van der Waals surface area contributed by atoms with Gasteiger partial charge in [-0.15, -0.1) is 0 Å². The summed E-state index contributed by atoms with van der Waals surface area (Å²) in [6.07, 6.45) is 0.952. The smallest absolute Gasteiger partial charge is 0.358 e. The fraction of sp³-hybridized carbons (Fsp3) is 0.500. The molecule has 0 saturated heterocycles. The van der Waals surface area contributed by atoms with Gasteiger partial charge < -0.3 is 29.5 Å². The normalized spacial score (nSPS) is 11.9. The van der Waals surface area contributed by atoms with Crippen molar-refractivity contribution in [1.29, 1.82) is 0 Å². The van der Waals surface area contributed by atoms with Crippen LogP contribution in [0.4, 0.5) is 10.5 Å². The van der Waals surface area contributed by atoms with Gasteiger partial charge in [-0.3, -0.25) is 0 Å². The molecule has 10 nitrogen and oxygen atoms in total. The molecule has 0 radical (unpaired) electrons. The number of likely N-dealkylation sites (N-methyl/N-ethyl adjacent to an activating group) is 1. The molecule has 0 spiro atoms. The Balaban J connectivity index is 1.86. The molecule has 2 aromatic rings. The van der Waals surface area contributed by atoms with E-state index in [1.54, 1.807) is 50.5 Å². The Hall–Kier alpha value is -2.95. The molecule has 1 atom stereocenters. The molecule has 0 bridgehead atoms. The first-order valence-electron chi connectivity index (χ1n) is 10.5.